The Hall–Kier alpha value is -0.890. The Kier molecular flexibility index (Phi) is 3.23. The highest BCUT2D eigenvalue weighted by Crippen LogP contribution is 2.31. The summed E-state index contributed by atoms with van der Waals surface area (Å²) in [5.74, 6) is 1.87. The minimum atomic E-state index is 0.431. The van der Waals surface area contributed by atoms with Gasteiger partial charge in [-0.3, -0.25) is 0 Å². The molecule has 0 fully saturated rings. The second-order valence-corrected chi connectivity index (χ2v) is 2.55. The molecule has 1 aromatic rings. The van der Waals surface area contributed by atoms with E-state index in [-0.39, 0.29) is 0 Å². The number of rotatable bonds is 3. The average molecular weight is 187 g/mol. The number of benzene rings is 1. The van der Waals surface area contributed by atoms with E-state index >= 15 is 0 Å². The molecule has 3 heteroatoms. The molecule has 0 unspecified atom stereocenters. The Labute approximate surface area is 77.1 Å². The van der Waals surface area contributed by atoms with Crippen LogP contribution >= 0.6 is 11.6 Å². The van der Waals surface area contributed by atoms with Crippen LogP contribution in [0.4, 0.5) is 0 Å². The molecule has 1 rings (SSSR count). The van der Waals surface area contributed by atoms with E-state index in [0.717, 1.165) is 17.1 Å². The highest BCUT2D eigenvalue weighted by atomic mass is 35.5. The van der Waals surface area contributed by atoms with Gasteiger partial charge in [-0.05, 0) is 6.07 Å². The monoisotopic (exact) mass is 186 g/mol. The summed E-state index contributed by atoms with van der Waals surface area (Å²) >= 11 is 5.70. The fourth-order valence-corrected chi connectivity index (χ4v) is 1.27. The minimum Gasteiger partial charge on any atom is -0.493 e. The lowest BCUT2D eigenvalue weighted by atomic mass is 10.2. The van der Waals surface area contributed by atoms with Crippen molar-refractivity contribution in [1.82, 2.24) is 0 Å². The molecule has 0 N–H and O–H groups in total. The summed E-state index contributed by atoms with van der Waals surface area (Å²) in [6.45, 7) is 0. The SMILES string of the molecule is COc1cccc(CCl)c1OC. The molecule has 2 nitrogen and oxygen atoms in total. The third kappa shape index (κ3) is 1.64. The number of methoxy groups -OCH3 is 2. The fraction of sp³-hybridized carbons (Fsp3) is 0.333. The second-order valence-electron chi connectivity index (χ2n) is 2.29. The maximum Gasteiger partial charge on any atom is 0.165 e. The molecule has 1 aromatic carbocycles. The summed E-state index contributed by atoms with van der Waals surface area (Å²) in [6, 6.07) is 5.64. The number of halogens is 1. The molecule has 0 saturated carbocycles. The van der Waals surface area contributed by atoms with Gasteiger partial charge < -0.3 is 9.47 Å². The van der Waals surface area contributed by atoms with E-state index in [0.29, 0.717) is 5.88 Å². The zero-order valence-electron chi connectivity index (χ0n) is 7.13. The van der Waals surface area contributed by atoms with Crippen molar-refractivity contribution in [3.63, 3.8) is 0 Å². The van der Waals surface area contributed by atoms with Crippen molar-refractivity contribution >= 4 is 11.6 Å². The summed E-state index contributed by atoms with van der Waals surface area (Å²) in [5.41, 5.74) is 0.943. The summed E-state index contributed by atoms with van der Waals surface area (Å²) in [5, 5.41) is 0. The number of ether oxygens (including phenoxy) is 2. The molecule has 0 radical (unpaired) electrons. The van der Waals surface area contributed by atoms with Crippen LogP contribution in [0.25, 0.3) is 0 Å². The van der Waals surface area contributed by atoms with Gasteiger partial charge in [-0.15, -0.1) is 11.6 Å². The lowest BCUT2D eigenvalue weighted by Crippen LogP contribution is -1.93. The van der Waals surface area contributed by atoms with E-state index in [9.17, 15) is 0 Å². The Morgan fingerprint density at radius 2 is 2.00 bits per heavy atom. The van der Waals surface area contributed by atoms with Gasteiger partial charge in [0, 0.05) is 5.56 Å². The van der Waals surface area contributed by atoms with Crippen LogP contribution in [0.3, 0.4) is 0 Å². The topological polar surface area (TPSA) is 18.5 Å². The van der Waals surface area contributed by atoms with Gasteiger partial charge in [-0.1, -0.05) is 12.1 Å². The van der Waals surface area contributed by atoms with Gasteiger partial charge in [-0.25, -0.2) is 0 Å². The van der Waals surface area contributed by atoms with Gasteiger partial charge >= 0.3 is 0 Å². The molecular weight excluding hydrogens is 176 g/mol. The van der Waals surface area contributed by atoms with Crippen LogP contribution < -0.4 is 9.47 Å². The number of hydrogen-bond donors (Lipinski definition) is 0. The largest absolute Gasteiger partial charge is 0.493 e. The first-order valence-electron chi connectivity index (χ1n) is 3.59. The van der Waals surface area contributed by atoms with Crippen molar-refractivity contribution < 1.29 is 9.47 Å². The van der Waals surface area contributed by atoms with E-state index in [1.807, 2.05) is 18.2 Å². The van der Waals surface area contributed by atoms with Crippen molar-refractivity contribution in [2.75, 3.05) is 14.2 Å². The predicted octanol–water partition coefficient (Wildman–Crippen LogP) is 2.44. The molecular formula is C9H11ClO2. The standard InChI is InChI=1S/C9H11ClO2/c1-11-8-5-3-4-7(6-10)9(8)12-2/h3-5H,6H2,1-2H3. The lowest BCUT2D eigenvalue weighted by Gasteiger charge is -2.09. The van der Waals surface area contributed by atoms with Gasteiger partial charge in [0.15, 0.2) is 11.5 Å². The van der Waals surface area contributed by atoms with Crippen LogP contribution in [0.5, 0.6) is 11.5 Å². The Bertz CT molecular complexity index is 238. The Morgan fingerprint density at radius 3 is 2.50 bits per heavy atom. The van der Waals surface area contributed by atoms with Crippen molar-refractivity contribution in [3.8, 4) is 11.5 Å². The normalized spacial score (nSPS) is 9.58. The first kappa shape index (κ1) is 9.20. The molecule has 0 amide bonds. The van der Waals surface area contributed by atoms with E-state index in [4.69, 9.17) is 21.1 Å². The highest BCUT2D eigenvalue weighted by Gasteiger charge is 2.06. The zero-order valence-corrected chi connectivity index (χ0v) is 7.89. The quantitative estimate of drug-likeness (QED) is 0.676. The summed E-state index contributed by atoms with van der Waals surface area (Å²) in [7, 11) is 3.21. The van der Waals surface area contributed by atoms with Crippen LogP contribution in [0.15, 0.2) is 18.2 Å². The van der Waals surface area contributed by atoms with Crippen LogP contribution in [0, 0.1) is 0 Å². The fourth-order valence-electron chi connectivity index (χ4n) is 1.06. The molecule has 0 aromatic heterocycles. The maximum atomic E-state index is 5.70. The summed E-state index contributed by atoms with van der Waals surface area (Å²) in [6.07, 6.45) is 0. The first-order valence-corrected chi connectivity index (χ1v) is 4.12. The molecule has 66 valence electrons. The summed E-state index contributed by atoms with van der Waals surface area (Å²) in [4.78, 5) is 0. The molecule has 0 aliphatic heterocycles. The smallest absolute Gasteiger partial charge is 0.165 e. The maximum absolute atomic E-state index is 5.70. The van der Waals surface area contributed by atoms with Crippen molar-refractivity contribution in [1.29, 1.82) is 0 Å². The molecule has 0 spiro atoms. The van der Waals surface area contributed by atoms with Crippen LogP contribution in [-0.2, 0) is 5.88 Å². The van der Waals surface area contributed by atoms with Gasteiger partial charge in [0.05, 0.1) is 20.1 Å². The molecule has 12 heavy (non-hydrogen) atoms. The van der Waals surface area contributed by atoms with E-state index in [2.05, 4.69) is 0 Å². The predicted molar refractivity (Wildman–Crippen MR) is 49.1 cm³/mol. The zero-order chi connectivity index (χ0) is 8.97. The first-order chi connectivity index (χ1) is 5.83. The molecule has 0 bridgehead atoms. The van der Waals surface area contributed by atoms with Crippen LogP contribution in [-0.4, -0.2) is 14.2 Å². The van der Waals surface area contributed by atoms with E-state index in [1.165, 1.54) is 0 Å². The number of hydrogen-bond acceptors (Lipinski definition) is 2. The third-order valence-electron chi connectivity index (χ3n) is 1.63. The highest BCUT2D eigenvalue weighted by molar-refractivity contribution is 6.17. The van der Waals surface area contributed by atoms with Crippen LogP contribution in [0.1, 0.15) is 5.56 Å². The van der Waals surface area contributed by atoms with Gasteiger partial charge in [-0.2, -0.15) is 0 Å². The van der Waals surface area contributed by atoms with Crippen LogP contribution in [0.2, 0.25) is 0 Å². The minimum absolute atomic E-state index is 0.431. The van der Waals surface area contributed by atoms with Crippen molar-refractivity contribution in [2.45, 2.75) is 5.88 Å². The third-order valence-corrected chi connectivity index (χ3v) is 1.92. The lowest BCUT2D eigenvalue weighted by molar-refractivity contribution is 0.352. The Balaban J connectivity index is 3.13. The molecule has 0 aliphatic rings. The molecule has 0 atom stereocenters. The van der Waals surface area contributed by atoms with E-state index in [1.54, 1.807) is 14.2 Å². The van der Waals surface area contributed by atoms with Crippen molar-refractivity contribution in [3.05, 3.63) is 23.8 Å². The molecule has 0 aliphatic carbocycles. The second kappa shape index (κ2) is 4.21. The molecule has 0 saturated heterocycles. The van der Waals surface area contributed by atoms with Gasteiger partial charge in [0.25, 0.3) is 0 Å². The number of alkyl halides is 1. The van der Waals surface area contributed by atoms with Crippen molar-refractivity contribution in [2.24, 2.45) is 0 Å². The number of para-hydroxylation sites is 1. The summed E-state index contributed by atoms with van der Waals surface area (Å²) < 4.78 is 10.2. The molecule has 0 heterocycles. The average Bonchev–Trinajstić information content (AvgIpc) is 2.16. The van der Waals surface area contributed by atoms with Gasteiger partial charge in [0.2, 0.25) is 0 Å². The van der Waals surface area contributed by atoms with E-state index < -0.39 is 0 Å². The van der Waals surface area contributed by atoms with Gasteiger partial charge in [0.1, 0.15) is 0 Å². The Morgan fingerprint density at radius 1 is 1.25 bits per heavy atom.